The van der Waals surface area contributed by atoms with E-state index in [4.69, 9.17) is 0 Å². The third-order valence-corrected chi connectivity index (χ3v) is 7.03. The van der Waals surface area contributed by atoms with Crippen molar-refractivity contribution in [3.63, 3.8) is 0 Å². The maximum atomic E-state index is 13.4. The van der Waals surface area contributed by atoms with Gasteiger partial charge in [-0.15, -0.1) is 0 Å². The molecule has 0 radical (unpaired) electrons. The number of para-hydroxylation sites is 1. The van der Waals surface area contributed by atoms with Crippen LogP contribution in [-0.4, -0.2) is 50.0 Å². The molecule has 180 valence electrons. The predicted octanol–water partition coefficient (Wildman–Crippen LogP) is 3.69. The summed E-state index contributed by atoms with van der Waals surface area (Å²) in [5.41, 5.74) is 0.923. The van der Waals surface area contributed by atoms with Crippen LogP contribution in [0.5, 0.6) is 0 Å². The third kappa shape index (κ3) is 7.53. The highest BCUT2D eigenvalue weighted by molar-refractivity contribution is 9.10. The van der Waals surface area contributed by atoms with Gasteiger partial charge >= 0.3 is 0 Å². The van der Waals surface area contributed by atoms with Gasteiger partial charge in [-0.25, -0.2) is 12.8 Å². The highest BCUT2D eigenvalue weighted by atomic mass is 79.9. The summed E-state index contributed by atoms with van der Waals surface area (Å²) in [5, 5.41) is 2.85. The van der Waals surface area contributed by atoms with Crippen LogP contribution < -0.4 is 9.62 Å². The number of halogens is 2. The zero-order valence-electron chi connectivity index (χ0n) is 19.1. The number of sulfonamides is 1. The lowest BCUT2D eigenvalue weighted by atomic mass is 10.1. The second-order valence-electron chi connectivity index (χ2n) is 7.86. The molecule has 2 aromatic carbocycles. The fraction of sp³-hybridized carbons (Fsp3) is 0.391. The molecular formula is C23H29BrFN3O4S. The number of carbonyl (C=O) groups is 2. The maximum Gasteiger partial charge on any atom is 0.244 e. The highest BCUT2D eigenvalue weighted by Crippen LogP contribution is 2.28. The van der Waals surface area contributed by atoms with Crippen molar-refractivity contribution in [3.05, 3.63) is 64.4 Å². The van der Waals surface area contributed by atoms with Gasteiger partial charge in [0, 0.05) is 17.1 Å². The van der Waals surface area contributed by atoms with E-state index in [1.807, 2.05) is 13.8 Å². The second kappa shape index (κ2) is 11.6. The van der Waals surface area contributed by atoms with E-state index < -0.39 is 34.3 Å². The summed E-state index contributed by atoms with van der Waals surface area (Å²) in [5.74, 6) is -1.34. The summed E-state index contributed by atoms with van der Waals surface area (Å²) in [4.78, 5) is 27.5. The van der Waals surface area contributed by atoms with Gasteiger partial charge in [0.2, 0.25) is 21.8 Å². The van der Waals surface area contributed by atoms with Crippen LogP contribution in [0.3, 0.4) is 0 Å². The smallest absolute Gasteiger partial charge is 0.244 e. The van der Waals surface area contributed by atoms with Crippen molar-refractivity contribution < 1.29 is 22.4 Å². The van der Waals surface area contributed by atoms with Crippen LogP contribution in [-0.2, 0) is 26.2 Å². The van der Waals surface area contributed by atoms with Crippen molar-refractivity contribution in [2.24, 2.45) is 0 Å². The number of benzene rings is 2. The Labute approximate surface area is 203 Å². The number of anilines is 1. The molecule has 0 heterocycles. The van der Waals surface area contributed by atoms with Crippen LogP contribution in [0.25, 0.3) is 0 Å². The number of nitrogens with one attached hydrogen (secondary N) is 1. The minimum absolute atomic E-state index is 0.0156. The Morgan fingerprint density at radius 2 is 1.70 bits per heavy atom. The summed E-state index contributed by atoms with van der Waals surface area (Å²) < 4.78 is 39.9. The largest absolute Gasteiger partial charge is 0.352 e. The standard InChI is InChI=1S/C23H29BrFN3O4S/c1-5-16(2)26-23(30)17(3)27(14-18-10-12-19(25)13-11-18)22(29)15-28(33(4,31)32)21-9-7-6-8-20(21)24/h6-13,16-17H,5,14-15H2,1-4H3,(H,26,30)/t16-,17-/m0/s1. The van der Waals surface area contributed by atoms with Gasteiger partial charge in [-0.1, -0.05) is 31.2 Å². The minimum atomic E-state index is -3.81. The summed E-state index contributed by atoms with van der Waals surface area (Å²) >= 11 is 3.33. The van der Waals surface area contributed by atoms with E-state index in [9.17, 15) is 22.4 Å². The summed E-state index contributed by atoms with van der Waals surface area (Å²) in [7, 11) is -3.81. The first kappa shape index (κ1) is 26.8. The van der Waals surface area contributed by atoms with Crippen LogP contribution in [0.15, 0.2) is 53.0 Å². The number of carbonyl (C=O) groups excluding carboxylic acids is 2. The van der Waals surface area contributed by atoms with Gasteiger partial charge in [0.1, 0.15) is 18.4 Å². The zero-order chi connectivity index (χ0) is 24.8. The molecule has 0 unspecified atom stereocenters. The predicted molar refractivity (Wildman–Crippen MR) is 131 cm³/mol. The van der Waals surface area contributed by atoms with Gasteiger partial charge < -0.3 is 10.2 Å². The first-order chi connectivity index (χ1) is 15.4. The first-order valence-electron chi connectivity index (χ1n) is 10.5. The van der Waals surface area contributed by atoms with E-state index in [0.717, 1.165) is 10.6 Å². The Balaban J connectivity index is 2.39. The van der Waals surface area contributed by atoms with Crippen molar-refractivity contribution in [2.45, 2.75) is 45.8 Å². The lowest BCUT2D eigenvalue weighted by Gasteiger charge is -2.32. The topological polar surface area (TPSA) is 86.8 Å². The second-order valence-corrected chi connectivity index (χ2v) is 10.6. The van der Waals surface area contributed by atoms with E-state index >= 15 is 0 Å². The van der Waals surface area contributed by atoms with Gasteiger partial charge in [0.25, 0.3) is 0 Å². The van der Waals surface area contributed by atoms with Crippen LogP contribution >= 0.6 is 15.9 Å². The van der Waals surface area contributed by atoms with E-state index in [2.05, 4.69) is 21.2 Å². The number of rotatable bonds is 10. The summed E-state index contributed by atoms with van der Waals surface area (Å²) in [6, 6.07) is 11.3. The first-order valence-corrected chi connectivity index (χ1v) is 13.1. The Morgan fingerprint density at radius 1 is 1.09 bits per heavy atom. The number of hydrogen-bond acceptors (Lipinski definition) is 4. The summed E-state index contributed by atoms with van der Waals surface area (Å²) in [6.45, 7) is 4.89. The van der Waals surface area contributed by atoms with Gasteiger partial charge in [0.05, 0.1) is 11.9 Å². The van der Waals surface area contributed by atoms with E-state index in [-0.39, 0.29) is 18.5 Å². The van der Waals surface area contributed by atoms with Crippen LogP contribution in [0.4, 0.5) is 10.1 Å². The summed E-state index contributed by atoms with van der Waals surface area (Å²) in [6.07, 6.45) is 1.73. The molecule has 2 rings (SSSR count). The van der Waals surface area contributed by atoms with Crippen LogP contribution in [0, 0.1) is 5.82 Å². The molecule has 10 heteroatoms. The molecule has 1 N–H and O–H groups in total. The van der Waals surface area contributed by atoms with E-state index in [0.29, 0.717) is 22.1 Å². The Morgan fingerprint density at radius 3 is 2.24 bits per heavy atom. The molecule has 0 aliphatic heterocycles. The van der Waals surface area contributed by atoms with Gasteiger partial charge in [-0.05, 0) is 66.0 Å². The van der Waals surface area contributed by atoms with Gasteiger partial charge in [-0.2, -0.15) is 0 Å². The molecule has 33 heavy (non-hydrogen) atoms. The van der Waals surface area contributed by atoms with Gasteiger partial charge in [-0.3, -0.25) is 13.9 Å². The molecule has 0 aliphatic rings. The van der Waals surface area contributed by atoms with Crippen molar-refractivity contribution >= 4 is 43.5 Å². The molecule has 2 aromatic rings. The number of nitrogens with zero attached hydrogens (tertiary/aromatic N) is 2. The monoisotopic (exact) mass is 541 g/mol. The zero-order valence-corrected chi connectivity index (χ0v) is 21.5. The number of hydrogen-bond donors (Lipinski definition) is 1. The molecule has 0 saturated heterocycles. The number of amides is 2. The van der Waals surface area contributed by atoms with Crippen molar-refractivity contribution in [2.75, 3.05) is 17.1 Å². The van der Waals surface area contributed by atoms with Crippen LogP contribution in [0.1, 0.15) is 32.8 Å². The molecule has 7 nitrogen and oxygen atoms in total. The molecule has 0 spiro atoms. The molecule has 0 aliphatic carbocycles. The average molecular weight is 542 g/mol. The highest BCUT2D eigenvalue weighted by Gasteiger charge is 2.31. The molecule has 0 aromatic heterocycles. The van der Waals surface area contributed by atoms with Gasteiger partial charge in [0.15, 0.2) is 0 Å². The maximum absolute atomic E-state index is 13.4. The van der Waals surface area contributed by atoms with Crippen molar-refractivity contribution in [1.29, 1.82) is 0 Å². The molecule has 2 atom stereocenters. The van der Waals surface area contributed by atoms with E-state index in [1.54, 1.807) is 31.2 Å². The van der Waals surface area contributed by atoms with E-state index in [1.165, 1.54) is 29.2 Å². The lowest BCUT2D eigenvalue weighted by Crippen LogP contribution is -2.52. The Kier molecular flexibility index (Phi) is 9.42. The fourth-order valence-electron chi connectivity index (χ4n) is 3.08. The normalized spacial score (nSPS) is 13.2. The Bertz CT molecular complexity index is 1080. The average Bonchev–Trinajstić information content (AvgIpc) is 2.76. The molecule has 2 amide bonds. The van der Waals surface area contributed by atoms with Crippen LogP contribution in [0.2, 0.25) is 0 Å². The van der Waals surface area contributed by atoms with Crippen molar-refractivity contribution in [3.8, 4) is 0 Å². The lowest BCUT2D eigenvalue weighted by molar-refractivity contribution is -0.139. The SMILES string of the molecule is CC[C@H](C)NC(=O)[C@H](C)N(Cc1ccc(F)cc1)C(=O)CN(c1ccccc1Br)S(C)(=O)=O. The van der Waals surface area contributed by atoms with Crippen molar-refractivity contribution in [1.82, 2.24) is 10.2 Å². The molecular weight excluding hydrogens is 513 g/mol. The molecule has 0 saturated carbocycles. The quantitative estimate of drug-likeness (QED) is 0.497. The molecule has 0 fully saturated rings. The Hall–Kier alpha value is -2.46. The minimum Gasteiger partial charge on any atom is -0.352 e. The fourth-order valence-corrected chi connectivity index (χ4v) is 4.56. The third-order valence-electron chi connectivity index (χ3n) is 5.23. The molecule has 0 bridgehead atoms.